The summed E-state index contributed by atoms with van der Waals surface area (Å²) in [4.78, 5) is 9.75. The Labute approximate surface area is 814 Å². The largest absolute Gasteiger partial charge is 0.310 e. The Morgan fingerprint density at radius 3 is 0.764 bits per heavy atom. The van der Waals surface area contributed by atoms with Crippen molar-refractivity contribution < 1.29 is 0 Å². The average molecular weight is 1780 g/mol. The van der Waals surface area contributed by atoms with Gasteiger partial charge in [0.05, 0.1) is 38.6 Å². The molecule has 2 heterocycles. The highest BCUT2D eigenvalue weighted by Gasteiger charge is 2.54. The first-order valence-electron chi connectivity index (χ1n) is 48.4. The van der Waals surface area contributed by atoms with Gasteiger partial charge in [0.1, 0.15) is 0 Å². The number of anilines is 12. The van der Waals surface area contributed by atoms with E-state index in [2.05, 4.69) is 575 Å². The minimum absolute atomic E-state index is 0.593. The molecule has 2 unspecified atom stereocenters. The van der Waals surface area contributed by atoms with E-state index in [-0.39, 0.29) is 0 Å². The molecule has 6 nitrogen and oxygen atoms in total. The van der Waals surface area contributed by atoms with Gasteiger partial charge in [-0.15, -0.1) is 0 Å². The highest BCUT2D eigenvalue weighted by Crippen LogP contribution is 2.67. The number of aromatic nitrogens is 2. The monoisotopic (exact) mass is 1780 g/mol. The topological polar surface area (TPSA) is 22.8 Å². The Bertz CT molecular complexity index is 8920. The minimum atomic E-state index is -0.600. The van der Waals surface area contributed by atoms with Crippen molar-refractivity contribution in [1.82, 2.24) is 9.13 Å². The number of nitrogens with zero attached hydrogens (tertiary/aromatic N) is 6. The van der Waals surface area contributed by atoms with Crippen LogP contribution in [0.5, 0.6) is 0 Å². The molecule has 0 aliphatic heterocycles. The minimum Gasteiger partial charge on any atom is -0.310 e. The summed E-state index contributed by atoms with van der Waals surface area (Å²) in [6, 6.07) is 201. The Kier molecular flexibility index (Phi) is 19.3. The van der Waals surface area contributed by atoms with Crippen LogP contribution in [0.3, 0.4) is 0 Å². The fraction of sp³-hybridized carbons (Fsp3) is 0.0149. The van der Waals surface area contributed by atoms with Crippen molar-refractivity contribution in [3.8, 4) is 78.1 Å². The first kappa shape index (κ1) is 81.2. The third-order valence-corrected chi connectivity index (χ3v) is 29.5. The predicted octanol–water partition coefficient (Wildman–Crippen LogP) is 35.5. The van der Waals surface area contributed by atoms with E-state index in [1.54, 1.807) is 0 Å². The van der Waals surface area contributed by atoms with E-state index in [1.807, 2.05) is 0 Å². The van der Waals surface area contributed by atoms with Crippen molar-refractivity contribution in [2.24, 2.45) is 0 Å². The first-order chi connectivity index (χ1) is 69.5. The summed E-state index contributed by atoms with van der Waals surface area (Å²) in [6.45, 7) is 0. The van der Waals surface area contributed by atoms with Gasteiger partial charge in [0.25, 0.3) is 0 Å². The lowest BCUT2D eigenvalue weighted by atomic mass is 9.70. The molecular weight excluding hydrogens is 1690 g/mol. The molecule has 4 aliphatic carbocycles. The maximum Gasteiger partial charge on any atom is 0.0727 e. The molecule has 24 aromatic rings. The number of benzene rings is 22. The zero-order valence-corrected chi connectivity index (χ0v) is 76.6. The molecular formula is C134H90N6. The van der Waals surface area contributed by atoms with Crippen molar-refractivity contribution in [1.29, 1.82) is 0 Å². The summed E-state index contributed by atoms with van der Waals surface area (Å²) in [5.41, 5.74) is 44.3. The summed E-state index contributed by atoms with van der Waals surface area (Å²) >= 11 is 0. The van der Waals surface area contributed by atoms with E-state index in [4.69, 9.17) is 0 Å². The number of para-hydroxylation sites is 9. The molecule has 6 heteroatoms. The van der Waals surface area contributed by atoms with Crippen molar-refractivity contribution in [2.45, 2.75) is 10.8 Å². The quantitative estimate of drug-likeness (QED) is 0.0962. The Balaban J connectivity index is 0.000000141. The van der Waals surface area contributed by atoms with Crippen molar-refractivity contribution in [3.63, 3.8) is 0 Å². The smallest absolute Gasteiger partial charge is 0.0727 e. The molecule has 28 rings (SSSR count). The van der Waals surface area contributed by atoms with Crippen LogP contribution in [0.1, 0.15) is 44.5 Å². The van der Waals surface area contributed by atoms with Gasteiger partial charge in [-0.2, -0.15) is 0 Å². The van der Waals surface area contributed by atoms with E-state index in [1.165, 1.54) is 155 Å². The third-order valence-electron chi connectivity index (χ3n) is 29.5. The zero-order valence-electron chi connectivity index (χ0n) is 76.6. The Hall–Kier alpha value is -18.4. The molecule has 0 saturated carbocycles. The van der Waals surface area contributed by atoms with Gasteiger partial charge in [-0.25, -0.2) is 0 Å². The molecule has 0 radical (unpaired) electrons. The number of fused-ring (bicyclic) bond motifs is 26. The van der Waals surface area contributed by atoms with Gasteiger partial charge in [0.15, 0.2) is 0 Å². The summed E-state index contributed by atoms with van der Waals surface area (Å²) in [7, 11) is 0. The van der Waals surface area contributed by atoms with Crippen LogP contribution in [-0.4, -0.2) is 9.13 Å². The number of hydrogen-bond donors (Lipinski definition) is 0. The molecule has 0 bridgehead atoms. The fourth-order valence-electron chi connectivity index (χ4n) is 23.8. The molecule has 2 spiro atoms. The lowest BCUT2D eigenvalue weighted by molar-refractivity contribution is 0.793. The second-order valence-corrected chi connectivity index (χ2v) is 36.9. The SMILES string of the molecule is c1ccc(-c2cccc(N(c3ccccc3)c3ccc4c(c3)C3(c5ccccc5-4)c4ccccc4-c4ccc(N(c5ccccc5)c5ccc6c7ccccc7n(-c7ccccc7)c6c5)cc43)c2)cc1.c1ccc(-c2ccccc2N(c2ccccc2)c2ccc3c(c2)C2(c4ccccc4-c4ccc(N(c5ccccc5)c5ccc6c7ccccc7n(-c7ccccc7)c6c5)cc42)c2ccccc2-3)cc1. The van der Waals surface area contributed by atoms with Crippen LogP contribution in [0, 0.1) is 0 Å². The van der Waals surface area contributed by atoms with E-state index >= 15 is 0 Å². The zero-order chi connectivity index (χ0) is 92.4. The van der Waals surface area contributed by atoms with E-state index in [0.29, 0.717) is 0 Å². The second kappa shape index (κ2) is 33.3. The van der Waals surface area contributed by atoms with E-state index < -0.39 is 10.8 Å². The predicted molar refractivity (Wildman–Crippen MR) is 584 cm³/mol. The third kappa shape index (κ3) is 12.8. The highest BCUT2D eigenvalue weighted by molar-refractivity contribution is 6.13. The lowest BCUT2D eigenvalue weighted by Gasteiger charge is -2.33. The maximum atomic E-state index is 2.50. The van der Waals surface area contributed by atoms with Gasteiger partial charge in [0.2, 0.25) is 0 Å². The summed E-state index contributed by atoms with van der Waals surface area (Å²) in [5, 5.41) is 4.93. The molecule has 656 valence electrons. The Morgan fingerprint density at radius 2 is 0.386 bits per heavy atom. The summed E-state index contributed by atoms with van der Waals surface area (Å²) in [6.07, 6.45) is 0. The standard InChI is InChI=1S/2C67H45N3/c1-5-21-46(22-6-1)53-29-15-19-35-64(53)69(48-25-9-3-10-26-48)51-38-41-57-55-31-14-18-34-61(55)67(63(57)44-51)60-33-17-13-30-54(60)56-40-37-50(43-62(56)67)68(47-23-7-2-8-24-47)52-39-42-59-58-32-16-20-36-65(58)70(66(59)45-52)49-27-11-4-12-28-49;1-5-20-46(21-6-1)47-22-19-29-51(42-47)68(48-23-7-2-8-24-48)52-36-39-57-55-30-13-16-33-61(55)67(63(57)43-52)62-34-17-14-31-56(62)58-40-37-53(44-64(58)67)69(49-25-9-3-10-26-49)54-38-41-60-59-32-15-18-35-65(59)70(66(60)45-54)50-27-11-4-12-28-50/h2*1-45H. The highest BCUT2D eigenvalue weighted by atomic mass is 15.2. The van der Waals surface area contributed by atoms with Crippen LogP contribution < -0.4 is 19.6 Å². The normalized spacial score (nSPS) is 14.1. The van der Waals surface area contributed by atoms with Crippen LogP contribution in [0.4, 0.5) is 68.2 Å². The van der Waals surface area contributed by atoms with Crippen LogP contribution in [0.25, 0.3) is 122 Å². The lowest BCUT2D eigenvalue weighted by Crippen LogP contribution is -2.26. The summed E-state index contributed by atoms with van der Waals surface area (Å²) < 4.78 is 4.82. The van der Waals surface area contributed by atoms with Gasteiger partial charge in [-0.05, 0) is 282 Å². The molecule has 0 fully saturated rings. The molecule has 2 aromatic heterocycles. The van der Waals surface area contributed by atoms with Crippen LogP contribution in [0.15, 0.2) is 546 Å². The number of hydrogen-bond acceptors (Lipinski definition) is 4. The van der Waals surface area contributed by atoms with Gasteiger partial charge < -0.3 is 28.7 Å². The first-order valence-corrected chi connectivity index (χ1v) is 48.4. The molecule has 0 amide bonds. The van der Waals surface area contributed by atoms with Crippen molar-refractivity contribution >= 4 is 112 Å². The van der Waals surface area contributed by atoms with Crippen molar-refractivity contribution in [3.05, 3.63) is 590 Å². The number of rotatable bonds is 16. The molecule has 4 aliphatic rings. The molecule has 140 heavy (non-hydrogen) atoms. The van der Waals surface area contributed by atoms with Crippen LogP contribution >= 0.6 is 0 Å². The van der Waals surface area contributed by atoms with Crippen LogP contribution in [-0.2, 0) is 10.8 Å². The second-order valence-electron chi connectivity index (χ2n) is 36.9. The fourth-order valence-corrected chi connectivity index (χ4v) is 23.8. The van der Waals surface area contributed by atoms with Crippen molar-refractivity contribution in [2.75, 3.05) is 19.6 Å². The molecule has 2 atom stereocenters. The van der Waals surface area contributed by atoms with E-state index in [0.717, 1.165) is 79.6 Å². The van der Waals surface area contributed by atoms with Gasteiger partial charge in [-0.1, -0.05) is 370 Å². The molecule has 22 aromatic carbocycles. The average Bonchev–Trinajstić information content (AvgIpc) is 1.51. The molecule has 0 saturated heterocycles. The van der Waals surface area contributed by atoms with E-state index in [9.17, 15) is 0 Å². The van der Waals surface area contributed by atoms with Gasteiger partial charge >= 0.3 is 0 Å². The van der Waals surface area contributed by atoms with Gasteiger partial charge in [0, 0.05) is 101 Å². The summed E-state index contributed by atoms with van der Waals surface area (Å²) in [5.74, 6) is 0. The molecule has 0 N–H and O–H groups in total. The maximum absolute atomic E-state index is 2.50. The Morgan fingerprint density at radius 1 is 0.136 bits per heavy atom. The van der Waals surface area contributed by atoms with Gasteiger partial charge in [-0.3, -0.25) is 0 Å². The van der Waals surface area contributed by atoms with Crippen LogP contribution in [0.2, 0.25) is 0 Å².